The number of ether oxygens (including phenoxy) is 2. The highest BCUT2D eigenvalue weighted by atomic mass is 16.6. The van der Waals surface area contributed by atoms with Crippen LogP contribution in [0.2, 0.25) is 0 Å². The lowest BCUT2D eigenvalue weighted by Crippen LogP contribution is -2.57. The van der Waals surface area contributed by atoms with Gasteiger partial charge in [0.25, 0.3) is 0 Å². The molecule has 2 unspecified atom stereocenters. The van der Waals surface area contributed by atoms with Crippen LogP contribution >= 0.6 is 0 Å². The van der Waals surface area contributed by atoms with E-state index >= 15 is 0 Å². The molecule has 4 saturated heterocycles. The Morgan fingerprint density at radius 2 is 1.77 bits per heavy atom. The molecule has 1 N–H and O–H groups in total. The van der Waals surface area contributed by atoms with Gasteiger partial charge in [-0.3, -0.25) is 4.79 Å². The highest BCUT2D eigenvalue weighted by Crippen LogP contribution is 2.38. The summed E-state index contributed by atoms with van der Waals surface area (Å²) >= 11 is 0. The molecule has 4 fully saturated rings. The first-order chi connectivity index (χ1) is 21.2. The van der Waals surface area contributed by atoms with Crippen LogP contribution in [-0.2, 0) is 14.3 Å². The average molecular weight is 610 g/mol. The van der Waals surface area contributed by atoms with Gasteiger partial charge >= 0.3 is 6.09 Å². The number of likely N-dealkylation sites (N-methyl/N-ethyl adjacent to an activating group) is 1. The highest BCUT2D eigenvalue weighted by Gasteiger charge is 2.46. The second-order valence-electron chi connectivity index (χ2n) is 13.3. The first kappa shape index (κ1) is 30.6. The summed E-state index contributed by atoms with van der Waals surface area (Å²) in [5.41, 5.74) is 1.94. The molecule has 13 heteroatoms. The number of piperidine rings is 2. The zero-order valence-electron chi connectivity index (χ0n) is 26.7. The van der Waals surface area contributed by atoms with Crippen molar-refractivity contribution in [3.8, 4) is 0 Å². The number of nitrogens with one attached hydrogen (secondary N) is 1. The summed E-state index contributed by atoms with van der Waals surface area (Å²) in [6, 6.07) is 0.373. The van der Waals surface area contributed by atoms with Crippen LogP contribution in [0.3, 0.4) is 0 Å². The molecule has 0 aromatic carbocycles. The Balaban J connectivity index is 1.09. The minimum Gasteiger partial charge on any atom is -0.442 e. The molecule has 2 aromatic rings. The van der Waals surface area contributed by atoms with Crippen LogP contribution in [0.1, 0.15) is 63.9 Å². The topological polar surface area (TPSA) is 121 Å². The van der Waals surface area contributed by atoms with Gasteiger partial charge in [-0.2, -0.15) is 19.6 Å². The number of nitrogens with zero attached hydrogens (tertiary/aromatic N) is 8. The van der Waals surface area contributed by atoms with E-state index in [0.29, 0.717) is 25.6 Å². The molecule has 240 valence electrons. The van der Waals surface area contributed by atoms with Crippen LogP contribution in [0.15, 0.2) is 18.3 Å². The predicted octanol–water partition coefficient (Wildman–Crippen LogP) is 2.74. The summed E-state index contributed by atoms with van der Waals surface area (Å²) < 4.78 is 13.3. The van der Waals surface area contributed by atoms with Gasteiger partial charge in [-0.05, 0) is 58.5 Å². The number of methoxy groups -OCH3 is 1. The van der Waals surface area contributed by atoms with Crippen molar-refractivity contribution in [1.82, 2.24) is 34.3 Å². The summed E-state index contributed by atoms with van der Waals surface area (Å²) in [5, 5.41) is 8.38. The molecule has 6 heterocycles. The number of aromatic nitrogens is 4. The standard InChI is InChI=1S/C31H47N9O4/c1-20(2)26-17-32-40-28(26)34-29(37-13-10-24(43-5)11-14-37)35-30(40)33-21-15-22-8-9-23(16-21)39(22)31(42)44-25-18-38(19-25)27(41)7-6-12-36(3)4/h6-7,17,20-25H,8-16,18-19H2,1-5H3,(H,33,34,35)/b7-6+. The Morgan fingerprint density at radius 1 is 1.07 bits per heavy atom. The van der Waals surface area contributed by atoms with Crippen molar-refractivity contribution >= 4 is 29.5 Å². The maximum atomic E-state index is 13.3. The molecule has 4 aliphatic heterocycles. The van der Waals surface area contributed by atoms with Crippen LogP contribution in [0.5, 0.6) is 0 Å². The number of likely N-dealkylation sites (tertiary alicyclic amines) is 1. The fraction of sp³-hybridized carbons (Fsp3) is 0.710. The summed E-state index contributed by atoms with van der Waals surface area (Å²) in [4.78, 5) is 43.5. The molecule has 0 spiro atoms. The molecule has 2 bridgehead atoms. The maximum Gasteiger partial charge on any atom is 0.410 e. The summed E-state index contributed by atoms with van der Waals surface area (Å²) in [7, 11) is 5.70. The van der Waals surface area contributed by atoms with Gasteiger partial charge in [-0.1, -0.05) is 19.9 Å². The van der Waals surface area contributed by atoms with Crippen LogP contribution < -0.4 is 10.2 Å². The van der Waals surface area contributed by atoms with E-state index in [1.54, 1.807) is 18.1 Å². The van der Waals surface area contributed by atoms with Crippen molar-refractivity contribution in [2.24, 2.45) is 0 Å². The number of rotatable bonds is 9. The number of hydrogen-bond donors (Lipinski definition) is 1. The molecule has 2 aromatic heterocycles. The Hall–Kier alpha value is -3.45. The van der Waals surface area contributed by atoms with Crippen LogP contribution in [0.4, 0.5) is 16.7 Å². The average Bonchev–Trinajstić information content (AvgIpc) is 3.53. The molecular weight excluding hydrogens is 562 g/mol. The molecule has 4 aliphatic rings. The third-order valence-electron chi connectivity index (χ3n) is 9.50. The van der Waals surface area contributed by atoms with Crippen molar-refractivity contribution in [2.75, 3.05) is 64.1 Å². The lowest BCUT2D eigenvalue weighted by Gasteiger charge is -2.42. The Kier molecular flexibility index (Phi) is 8.95. The van der Waals surface area contributed by atoms with Crippen molar-refractivity contribution < 1.29 is 19.1 Å². The van der Waals surface area contributed by atoms with Gasteiger partial charge in [0.05, 0.1) is 25.4 Å². The first-order valence-electron chi connectivity index (χ1n) is 16.1. The van der Waals surface area contributed by atoms with Gasteiger partial charge in [0.1, 0.15) is 6.10 Å². The van der Waals surface area contributed by atoms with Crippen molar-refractivity contribution in [2.45, 2.75) is 88.6 Å². The van der Waals surface area contributed by atoms with E-state index < -0.39 is 0 Å². The molecular formula is C31H47N9O4. The number of fused-ring (bicyclic) bond motifs is 3. The second kappa shape index (κ2) is 12.9. The first-order valence-corrected chi connectivity index (χ1v) is 16.1. The summed E-state index contributed by atoms with van der Waals surface area (Å²) in [6.07, 6.45) is 10.6. The number of carbonyl (C=O) groups excluding carboxylic acids is 2. The van der Waals surface area contributed by atoms with E-state index in [9.17, 15) is 9.59 Å². The molecule has 2 atom stereocenters. The third kappa shape index (κ3) is 6.35. The number of hydrogen-bond acceptors (Lipinski definition) is 10. The number of carbonyl (C=O) groups is 2. The van der Waals surface area contributed by atoms with E-state index in [4.69, 9.17) is 19.4 Å². The Morgan fingerprint density at radius 3 is 2.41 bits per heavy atom. The van der Waals surface area contributed by atoms with E-state index in [1.807, 2.05) is 40.7 Å². The maximum absolute atomic E-state index is 13.3. The van der Waals surface area contributed by atoms with Crippen LogP contribution in [-0.4, -0.2) is 131 Å². The van der Waals surface area contributed by atoms with Crippen molar-refractivity contribution in [3.63, 3.8) is 0 Å². The molecule has 0 saturated carbocycles. The van der Waals surface area contributed by atoms with Gasteiger partial charge < -0.3 is 34.4 Å². The second-order valence-corrected chi connectivity index (χ2v) is 13.3. The molecule has 0 radical (unpaired) electrons. The SMILES string of the molecule is COC1CCN(c2nc(NC3CC4CCC(C3)N4C(=O)OC3CN(C(=O)/C=C/CN(C)C)C3)n3ncc(C(C)C)c3n2)CC1. The Bertz CT molecular complexity index is 1350. The fourth-order valence-electron chi connectivity index (χ4n) is 6.96. The number of amides is 2. The highest BCUT2D eigenvalue weighted by molar-refractivity contribution is 5.88. The van der Waals surface area contributed by atoms with Crippen molar-refractivity contribution in [3.05, 3.63) is 23.9 Å². The zero-order chi connectivity index (χ0) is 31.0. The van der Waals surface area contributed by atoms with Crippen LogP contribution in [0.25, 0.3) is 5.65 Å². The van der Waals surface area contributed by atoms with Crippen molar-refractivity contribution in [1.29, 1.82) is 0 Å². The van der Waals surface area contributed by atoms with E-state index in [1.165, 1.54) is 0 Å². The van der Waals surface area contributed by atoms with Gasteiger partial charge in [0, 0.05) is 56.5 Å². The molecule has 13 nitrogen and oxygen atoms in total. The van der Waals surface area contributed by atoms with E-state index in [2.05, 4.69) is 29.2 Å². The van der Waals surface area contributed by atoms with Gasteiger partial charge in [-0.15, -0.1) is 0 Å². The Labute approximate surface area is 259 Å². The van der Waals surface area contributed by atoms with Gasteiger partial charge in [-0.25, -0.2) is 4.79 Å². The molecule has 0 aliphatic carbocycles. The minimum absolute atomic E-state index is 0.0368. The molecule has 44 heavy (non-hydrogen) atoms. The van der Waals surface area contributed by atoms with E-state index in [0.717, 1.165) is 68.8 Å². The van der Waals surface area contributed by atoms with Gasteiger partial charge in [0.2, 0.25) is 17.8 Å². The fourth-order valence-corrected chi connectivity index (χ4v) is 6.96. The number of anilines is 2. The lowest BCUT2D eigenvalue weighted by atomic mass is 9.98. The third-order valence-corrected chi connectivity index (χ3v) is 9.50. The molecule has 6 rings (SSSR count). The van der Waals surface area contributed by atoms with Crippen LogP contribution in [0, 0.1) is 0 Å². The van der Waals surface area contributed by atoms with E-state index in [-0.39, 0.29) is 48.3 Å². The monoisotopic (exact) mass is 609 g/mol. The normalized spacial score (nSPS) is 24.6. The summed E-state index contributed by atoms with van der Waals surface area (Å²) in [5.74, 6) is 1.67. The molecule has 2 amide bonds. The lowest BCUT2D eigenvalue weighted by molar-refractivity contribution is -0.136. The van der Waals surface area contributed by atoms with Gasteiger partial charge in [0.15, 0.2) is 5.65 Å². The summed E-state index contributed by atoms with van der Waals surface area (Å²) in [6.45, 7) is 7.62. The quantitative estimate of drug-likeness (QED) is 0.425. The zero-order valence-corrected chi connectivity index (χ0v) is 26.7. The smallest absolute Gasteiger partial charge is 0.410 e. The minimum atomic E-state index is -0.254. The predicted molar refractivity (Wildman–Crippen MR) is 167 cm³/mol. The largest absolute Gasteiger partial charge is 0.442 e.